The molecule has 0 N–H and O–H groups in total. The highest BCUT2D eigenvalue weighted by Gasteiger charge is 2.06. The number of hydrogen-bond donors (Lipinski definition) is 0. The van der Waals surface area contributed by atoms with Crippen LogP contribution in [-0.4, -0.2) is 25.0 Å². The molecule has 0 heterocycles. The van der Waals surface area contributed by atoms with Crippen molar-refractivity contribution in [3.05, 3.63) is 0 Å². The number of rotatable bonds is 8. The predicted molar refractivity (Wildman–Crippen MR) is 61.1 cm³/mol. The molecule has 0 saturated carbocycles. The van der Waals surface area contributed by atoms with E-state index in [1.165, 1.54) is 45.2 Å². The van der Waals surface area contributed by atoms with Crippen LogP contribution >= 0.6 is 0 Å². The van der Waals surface area contributed by atoms with Gasteiger partial charge in [0.1, 0.15) is 0 Å². The summed E-state index contributed by atoms with van der Waals surface area (Å²) >= 11 is 0. The highest BCUT2D eigenvalue weighted by molar-refractivity contribution is 4.60. The second-order valence-electron chi connectivity index (χ2n) is 4.10. The van der Waals surface area contributed by atoms with E-state index in [4.69, 9.17) is 0 Å². The van der Waals surface area contributed by atoms with Gasteiger partial charge in [-0.3, -0.25) is 0 Å². The molecule has 80 valence electrons. The summed E-state index contributed by atoms with van der Waals surface area (Å²) < 4.78 is 0. The molecule has 0 aromatic heterocycles. The van der Waals surface area contributed by atoms with Crippen molar-refractivity contribution in [3.63, 3.8) is 0 Å². The lowest BCUT2D eigenvalue weighted by Crippen LogP contribution is -2.21. The number of hydrogen-bond acceptors (Lipinski definition) is 1. The zero-order valence-electron chi connectivity index (χ0n) is 9.97. The fourth-order valence-corrected chi connectivity index (χ4v) is 1.61. The van der Waals surface area contributed by atoms with Crippen molar-refractivity contribution in [2.45, 2.75) is 52.9 Å². The molecule has 0 amide bonds. The molecule has 0 rings (SSSR count). The van der Waals surface area contributed by atoms with Crippen LogP contribution in [0.5, 0.6) is 0 Å². The Balaban J connectivity index is 3.46. The summed E-state index contributed by atoms with van der Waals surface area (Å²) in [5.41, 5.74) is 0. The van der Waals surface area contributed by atoms with Crippen molar-refractivity contribution in [1.29, 1.82) is 0 Å². The number of unbranched alkanes of at least 4 members (excludes halogenated alkanes) is 1. The van der Waals surface area contributed by atoms with Gasteiger partial charge in [0.2, 0.25) is 0 Å². The van der Waals surface area contributed by atoms with Crippen LogP contribution in [0.2, 0.25) is 0 Å². The van der Waals surface area contributed by atoms with Gasteiger partial charge in [0.05, 0.1) is 0 Å². The summed E-state index contributed by atoms with van der Waals surface area (Å²) in [7, 11) is 2.21. The van der Waals surface area contributed by atoms with E-state index in [-0.39, 0.29) is 0 Å². The lowest BCUT2D eigenvalue weighted by molar-refractivity contribution is 0.299. The Kier molecular flexibility index (Phi) is 8.53. The Hall–Kier alpha value is -0.0400. The predicted octanol–water partition coefficient (Wildman–Crippen LogP) is 3.54. The van der Waals surface area contributed by atoms with Gasteiger partial charge in [0, 0.05) is 0 Å². The summed E-state index contributed by atoms with van der Waals surface area (Å²) in [6.45, 7) is 9.30. The van der Waals surface area contributed by atoms with E-state index in [0.717, 1.165) is 5.92 Å². The molecule has 0 spiro atoms. The van der Waals surface area contributed by atoms with Crippen molar-refractivity contribution in [2.24, 2.45) is 5.92 Å². The van der Waals surface area contributed by atoms with Gasteiger partial charge in [0.15, 0.2) is 0 Å². The second-order valence-corrected chi connectivity index (χ2v) is 4.10. The van der Waals surface area contributed by atoms with Crippen molar-refractivity contribution >= 4 is 0 Å². The Morgan fingerprint density at radius 2 is 1.77 bits per heavy atom. The molecule has 0 bridgehead atoms. The normalized spacial score (nSPS) is 13.6. The second kappa shape index (κ2) is 8.55. The van der Waals surface area contributed by atoms with E-state index in [1.807, 2.05) is 0 Å². The van der Waals surface area contributed by atoms with Crippen molar-refractivity contribution in [2.75, 3.05) is 20.1 Å². The molecule has 0 saturated heterocycles. The average molecular weight is 185 g/mol. The highest BCUT2D eigenvalue weighted by atomic mass is 15.1. The van der Waals surface area contributed by atoms with E-state index in [2.05, 4.69) is 32.7 Å². The van der Waals surface area contributed by atoms with Crippen LogP contribution < -0.4 is 0 Å². The molecule has 1 unspecified atom stereocenters. The van der Waals surface area contributed by atoms with Gasteiger partial charge in [-0.2, -0.15) is 0 Å². The summed E-state index contributed by atoms with van der Waals surface area (Å²) in [5.74, 6) is 0.967. The molecule has 13 heavy (non-hydrogen) atoms. The molecule has 1 nitrogen and oxygen atoms in total. The zero-order chi connectivity index (χ0) is 10.1. The van der Waals surface area contributed by atoms with Gasteiger partial charge in [-0.1, -0.05) is 46.5 Å². The first-order valence-electron chi connectivity index (χ1n) is 5.93. The quantitative estimate of drug-likeness (QED) is 0.559. The minimum atomic E-state index is 0.967. The Bertz CT molecular complexity index is 101. The van der Waals surface area contributed by atoms with E-state index in [9.17, 15) is 0 Å². The van der Waals surface area contributed by atoms with Gasteiger partial charge in [-0.05, 0) is 32.5 Å². The molecular weight excluding hydrogens is 158 g/mol. The van der Waals surface area contributed by atoms with E-state index in [1.54, 1.807) is 0 Å². The highest BCUT2D eigenvalue weighted by Crippen LogP contribution is 2.16. The van der Waals surface area contributed by atoms with E-state index >= 15 is 0 Å². The zero-order valence-corrected chi connectivity index (χ0v) is 9.97. The molecule has 0 aliphatic carbocycles. The topological polar surface area (TPSA) is 3.24 Å². The minimum Gasteiger partial charge on any atom is -0.307 e. The van der Waals surface area contributed by atoms with E-state index < -0.39 is 0 Å². The van der Waals surface area contributed by atoms with E-state index in [0.29, 0.717) is 0 Å². The standard InChI is InChI=1S/C12H27N/c1-5-8-9-12(6-2)10-11-13(4)7-3/h12H,5-11H2,1-4H3. The monoisotopic (exact) mass is 185 g/mol. The van der Waals surface area contributed by atoms with Crippen LogP contribution in [0.15, 0.2) is 0 Å². The first-order valence-corrected chi connectivity index (χ1v) is 5.93. The minimum absolute atomic E-state index is 0.967. The average Bonchev–Trinajstić information content (AvgIpc) is 2.17. The summed E-state index contributed by atoms with van der Waals surface area (Å²) in [5, 5.41) is 0. The van der Waals surface area contributed by atoms with Crippen LogP contribution in [0.4, 0.5) is 0 Å². The Morgan fingerprint density at radius 3 is 2.23 bits per heavy atom. The molecule has 0 aromatic rings. The molecule has 0 fully saturated rings. The van der Waals surface area contributed by atoms with Crippen LogP contribution in [0, 0.1) is 5.92 Å². The molecule has 1 atom stereocenters. The van der Waals surface area contributed by atoms with Gasteiger partial charge in [0.25, 0.3) is 0 Å². The maximum atomic E-state index is 2.41. The van der Waals surface area contributed by atoms with Crippen molar-refractivity contribution < 1.29 is 0 Å². The molecule has 0 aliphatic rings. The first-order chi connectivity index (χ1) is 6.24. The van der Waals surface area contributed by atoms with Crippen molar-refractivity contribution in [1.82, 2.24) is 4.90 Å². The smallest absolute Gasteiger partial charge is 0.00193 e. The third-order valence-electron chi connectivity index (χ3n) is 3.00. The molecule has 0 aromatic carbocycles. The fraction of sp³-hybridized carbons (Fsp3) is 1.00. The summed E-state index contributed by atoms with van der Waals surface area (Å²) in [6, 6.07) is 0. The third kappa shape index (κ3) is 7.06. The van der Waals surface area contributed by atoms with Gasteiger partial charge in [-0.15, -0.1) is 0 Å². The van der Waals surface area contributed by atoms with Crippen LogP contribution in [-0.2, 0) is 0 Å². The van der Waals surface area contributed by atoms with Gasteiger partial charge in [-0.25, -0.2) is 0 Å². The summed E-state index contributed by atoms with van der Waals surface area (Å²) in [4.78, 5) is 2.41. The third-order valence-corrected chi connectivity index (χ3v) is 3.00. The molecule has 1 heteroatoms. The lowest BCUT2D eigenvalue weighted by Gasteiger charge is -2.19. The largest absolute Gasteiger partial charge is 0.307 e. The molecule has 0 aliphatic heterocycles. The number of nitrogens with zero attached hydrogens (tertiary/aromatic N) is 1. The maximum absolute atomic E-state index is 2.41. The lowest BCUT2D eigenvalue weighted by atomic mass is 9.96. The Labute approximate surface area is 84.5 Å². The first kappa shape index (κ1) is 13.0. The maximum Gasteiger partial charge on any atom is -0.00193 e. The van der Waals surface area contributed by atoms with Crippen LogP contribution in [0.1, 0.15) is 52.9 Å². The molecule has 0 radical (unpaired) electrons. The Morgan fingerprint density at radius 1 is 1.08 bits per heavy atom. The van der Waals surface area contributed by atoms with Gasteiger partial charge < -0.3 is 4.90 Å². The fourth-order valence-electron chi connectivity index (χ4n) is 1.61. The van der Waals surface area contributed by atoms with Gasteiger partial charge >= 0.3 is 0 Å². The summed E-state index contributed by atoms with van der Waals surface area (Å²) in [6.07, 6.45) is 6.94. The molecular formula is C12H27N. The van der Waals surface area contributed by atoms with Crippen LogP contribution in [0.3, 0.4) is 0 Å². The SMILES string of the molecule is CCCCC(CC)CCN(C)CC. The van der Waals surface area contributed by atoms with Crippen molar-refractivity contribution in [3.8, 4) is 0 Å². The van der Waals surface area contributed by atoms with Crippen LogP contribution in [0.25, 0.3) is 0 Å².